The number of benzene rings is 1. The van der Waals surface area contributed by atoms with E-state index in [9.17, 15) is 9.18 Å². The first-order valence-electron chi connectivity index (χ1n) is 7.77. The van der Waals surface area contributed by atoms with E-state index < -0.39 is 5.91 Å². The maximum Gasteiger partial charge on any atom is 0.269 e. The molecule has 2 N–H and O–H groups in total. The molecule has 0 atom stereocenters. The van der Waals surface area contributed by atoms with Gasteiger partial charge in [0, 0.05) is 12.1 Å². The Labute approximate surface area is 129 Å². The topological polar surface area (TPSA) is 60.9 Å². The molecule has 0 radical (unpaired) electrons. The van der Waals surface area contributed by atoms with Crippen LogP contribution in [-0.2, 0) is 6.54 Å². The Hall–Kier alpha value is -2.17. The lowest BCUT2D eigenvalue weighted by Crippen LogP contribution is -2.17. The Balaban J connectivity index is 1.92. The molecule has 0 spiro atoms. The summed E-state index contributed by atoms with van der Waals surface area (Å²) in [4.78, 5) is 11.4. The van der Waals surface area contributed by atoms with Crippen molar-refractivity contribution in [2.24, 2.45) is 11.7 Å². The fourth-order valence-electron chi connectivity index (χ4n) is 3.14. The zero-order valence-electron chi connectivity index (χ0n) is 12.5. The van der Waals surface area contributed by atoms with Crippen LogP contribution >= 0.6 is 0 Å². The number of carbonyl (C=O) groups excluding carboxylic acids is 1. The van der Waals surface area contributed by atoms with Crippen molar-refractivity contribution in [1.82, 2.24) is 9.78 Å². The number of aromatic nitrogens is 2. The quantitative estimate of drug-likeness (QED) is 0.941. The Morgan fingerprint density at radius 3 is 2.55 bits per heavy atom. The third kappa shape index (κ3) is 3.18. The Morgan fingerprint density at radius 2 is 1.91 bits per heavy atom. The molecule has 22 heavy (non-hydrogen) atoms. The highest BCUT2D eigenvalue weighted by atomic mass is 19.1. The molecule has 1 fully saturated rings. The van der Waals surface area contributed by atoms with Gasteiger partial charge in [0.15, 0.2) is 5.69 Å². The number of carbonyl (C=O) groups is 1. The fourth-order valence-corrected chi connectivity index (χ4v) is 3.14. The van der Waals surface area contributed by atoms with Gasteiger partial charge in [0.1, 0.15) is 5.82 Å². The van der Waals surface area contributed by atoms with Crippen molar-refractivity contribution >= 4 is 5.91 Å². The summed E-state index contributed by atoms with van der Waals surface area (Å²) in [5.41, 5.74) is 7.28. The second kappa shape index (κ2) is 6.30. The highest BCUT2D eigenvalue weighted by molar-refractivity contribution is 5.92. The van der Waals surface area contributed by atoms with Gasteiger partial charge in [-0.25, -0.2) is 4.39 Å². The normalized spacial score (nSPS) is 15.9. The first-order chi connectivity index (χ1) is 10.6. The molecule has 5 heteroatoms. The average Bonchev–Trinajstić information content (AvgIpc) is 2.93. The van der Waals surface area contributed by atoms with Crippen LogP contribution in [0.5, 0.6) is 0 Å². The average molecular weight is 301 g/mol. The van der Waals surface area contributed by atoms with Crippen LogP contribution in [0.2, 0.25) is 0 Å². The van der Waals surface area contributed by atoms with Crippen LogP contribution in [0.25, 0.3) is 11.3 Å². The van der Waals surface area contributed by atoms with Crippen molar-refractivity contribution in [2.75, 3.05) is 0 Å². The minimum absolute atomic E-state index is 0.259. The summed E-state index contributed by atoms with van der Waals surface area (Å²) in [7, 11) is 0. The Kier molecular flexibility index (Phi) is 4.22. The number of halogens is 1. The number of amides is 1. The molecule has 0 bridgehead atoms. The summed E-state index contributed by atoms with van der Waals surface area (Å²) in [6.45, 7) is 0.778. The van der Waals surface area contributed by atoms with E-state index in [4.69, 9.17) is 5.73 Å². The number of rotatable bonds is 4. The van der Waals surface area contributed by atoms with Gasteiger partial charge in [0.25, 0.3) is 5.91 Å². The van der Waals surface area contributed by atoms with Crippen LogP contribution in [0.15, 0.2) is 30.3 Å². The van der Waals surface area contributed by atoms with Crippen molar-refractivity contribution in [3.8, 4) is 11.3 Å². The van der Waals surface area contributed by atoms with E-state index in [0.29, 0.717) is 5.92 Å². The van der Waals surface area contributed by atoms with E-state index in [1.807, 2.05) is 4.68 Å². The molecule has 3 rings (SSSR count). The largest absolute Gasteiger partial charge is 0.364 e. The maximum absolute atomic E-state index is 13.1. The van der Waals surface area contributed by atoms with Gasteiger partial charge in [-0.15, -0.1) is 0 Å². The van der Waals surface area contributed by atoms with Crippen molar-refractivity contribution in [3.05, 3.63) is 41.8 Å². The smallest absolute Gasteiger partial charge is 0.269 e. The molecule has 0 aliphatic heterocycles. The van der Waals surface area contributed by atoms with Gasteiger partial charge in [-0.3, -0.25) is 9.48 Å². The lowest BCUT2D eigenvalue weighted by molar-refractivity contribution is 0.0994. The zero-order valence-corrected chi connectivity index (χ0v) is 12.5. The van der Waals surface area contributed by atoms with E-state index in [-0.39, 0.29) is 11.5 Å². The molecular weight excluding hydrogens is 281 g/mol. The number of nitrogens with two attached hydrogens (primary N) is 1. The van der Waals surface area contributed by atoms with E-state index in [1.165, 1.54) is 44.2 Å². The Bertz CT molecular complexity index is 657. The predicted octanol–water partition coefficient (Wildman–Crippen LogP) is 3.37. The van der Waals surface area contributed by atoms with Crippen LogP contribution in [0.3, 0.4) is 0 Å². The number of hydrogen-bond acceptors (Lipinski definition) is 2. The molecule has 1 aromatic carbocycles. The van der Waals surface area contributed by atoms with Crippen LogP contribution in [0.1, 0.15) is 42.6 Å². The van der Waals surface area contributed by atoms with E-state index >= 15 is 0 Å². The molecule has 4 nitrogen and oxygen atoms in total. The first-order valence-corrected chi connectivity index (χ1v) is 7.77. The predicted molar refractivity (Wildman–Crippen MR) is 82.7 cm³/mol. The second-order valence-corrected chi connectivity index (χ2v) is 5.97. The molecule has 1 amide bonds. The summed E-state index contributed by atoms with van der Waals surface area (Å²) in [6, 6.07) is 7.93. The minimum atomic E-state index is -0.536. The molecule has 1 aliphatic rings. The van der Waals surface area contributed by atoms with Crippen molar-refractivity contribution in [2.45, 2.75) is 38.6 Å². The molecule has 0 unspecified atom stereocenters. The zero-order chi connectivity index (χ0) is 15.5. The second-order valence-electron chi connectivity index (χ2n) is 5.97. The van der Waals surface area contributed by atoms with Crippen molar-refractivity contribution in [3.63, 3.8) is 0 Å². The number of nitrogens with zero attached hydrogens (tertiary/aromatic N) is 2. The van der Waals surface area contributed by atoms with Gasteiger partial charge in [-0.2, -0.15) is 5.10 Å². The monoisotopic (exact) mass is 301 g/mol. The summed E-state index contributed by atoms with van der Waals surface area (Å²) >= 11 is 0. The van der Waals surface area contributed by atoms with Crippen LogP contribution in [0, 0.1) is 11.7 Å². The van der Waals surface area contributed by atoms with E-state index in [0.717, 1.165) is 17.8 Å². The van der Waals surface area contributed by atoms with Crippen molar-refractivity contribution in [1.29, 1.82) is 0 Å². The standard InChI is InChI=1S/C17H20FN3O/c18-14-8-6-13(7-9-14)16-10-15(17(19)22)20-21(16)11-12-4-2-1-3-5-12/h6-10,12H,1-5,11H2,(H2,19,22). The van der Waals surface area contributed by atoms with Gasteiger partial charge in [-0.1, -0.05) is 19.3 Å². The minimum Gasteiger partial charge on any atom is -0.364 e. The SMILES string of the molecule is NC(=O)c1cc(-c2ccc(F)cc2)n(CC2CCCCC2)n1. The summed E-state index contributed by atoms with van der Waals surface area (Å²) in [5, 5.41) is 4.35. The van der Waals surface area contributed by atoms with Gasteiger partial charge in [0.2, 0.25) is 0 Å². The molecule has 1 aliphatic carbocycles. The Morgan fingerprint density at radius 1 is 1.23 bits per heavy atom. The van der Waals surface area contributed by atoms with E-state index in [1.54, 1.807) is 18.2 Å². The lowest BCUT2D eigenvalue weighted by atomic mass is 9.89. The lowest BCUT2D eigenvalue weighted by Gasteiger charge is -2.22. The van der Waals surface area contributed by atoms with Gasteiger partial charge in [0.05, 0.1) is 5.69 Å². The first kappa shape index (κ1) is 14.8. The molecule has 1 saturated carbocycles. The van der Waals surface area contributed by atoms with Crippen LogP contribution < -0.4 is 5.73 Å². The molecule has 0 saturated heterocycles. The third-order valence-corrected chi connectivity index (χ3v) is 4.33. The molecule has 2 aromatic rings. The number of primary amides is 1. The summed E-state index contributed by atoms with van der Waals surface area (Å²) < 4.78 is 15.0. The third-order valence-electron chi connectivity index (χ3n) is 4.33. The van der Waals surface area contributed by atoms with Crippen LogP contribution in [0.4, 0.5) is 4.39 Å². The fraction of sp³-hybridized carbons (Fsp3) is 0.412. The molecule has 116 valence electrons. The van der Waals surface area contributed by atoms with E-state index in [2.05, 4.69) is 5.10 Å². The molecule has 1 aromatic heterocycles. The van der Waals surface area contributed by atoms with Gasteiger partial charge < -0.3 is 5.73 Å². The summed E-state index contributed by atoms with van der Waals surface area (Å²) in [6.07, 6.45) is 6.18. The number of hydrogen-bond donors (Lipinski definition) is 1. The molecule has 1 heterocycles. The maximum atomic E-state index is 13.1. The highest BCUT2D eigenvalue weighted by Gasteiger charge is 2.19. The van der Waals surface area contributed by atoms with Gasteiger partial charge in [-0.05, 0) is 49.1 Å². The molecular formula is C17H20FN3O. The highest BCUT2D eigenvalue weighted by Crippen LogP contribution is 2.28. The van der Waals surface area contributed by atoms with Crippen LogP contribution in [-0.4, -0.2) is 15.7 Å². The van der Waals surface area contributed by atoms with Crippen molar-refractivity contribution < 1.29 is 9.18 Å². The van der Waals surface area contributed by atoms with Gasteiger partial charge >= 0.3 is 0 Å². The summed E-state index contributed by atoms with van der Waals surface area (Å²) in [5.74, 6) is -0.239.